The van der Waals surface area contributed by atoms with Gasteiger partial charge in [-0.3, -0.25) is 19.7 Å². The van der Waals surface area contributed by atoms with Crippen LogP contribution in [0.5, 0.6) is 0 Å². The Morgan fingerprint density at radius 1 is 0.703 bits per heavy atom. The number of unbranched alkanes of at least 4 members (excludes halogenated alkanes) is 14. The highest BCUT2D eigenvalue weighted by atomic mass is 16.6. The molecule has 200 valence electrons. The van der Waals surface area contributed by atoms with Gasteiger partial charge >= 0.3 is 0 Å². The number of nitro groups is 1. The van der Waals surface area contributed by atoms with Crippen LogP contribution in [-0.2, 0) is 4.79 Å². The first-order chi connectivity index (χ1) is 18.0. The van der Waals surface area contributed by atoms with Gasteiger partial charge in [-0.05, 0) is 35.7 Å². The summed E-state index contributed by atoms with van der Waals surface area (Å²) in [6.45, 7) is 2.26. The first-order valence-electron chi connectivity index (χ1n) is 14.3. The molecule has 0 aromatic heterocycles. The predicted molar refractivity (Wildman–Crippen MR) is 150 cm³/mol. The number of anilines is 1. The molecule has 0 radical (unpaired) electrons. The number of ketones is 1. The van der Waals surface area contributed by atoms with Crippen LogP contribution in [0.25, 0.3) is 11.1 Å². The number of non-ortho nitro benzene ring substituents is 1. The Bertz CT molecular complexity index is 1060. The number of nitro benzene ring substituents is 1. The first kappa shape index (κ1) is 28.5. The molecule has 3 rings (SSSR count). The summed E-state index contributed by atoms with van der Waals surface area (Å²) in [5.74, 6) is -0.291. The van der Waals surface area contributed by atoms with Crippen LogP contribution in [0, 0.1) is 10.1 Å². The molecule has 6 nitrogen and oxygen atoms in total. The van der Waals surface area contributed by atoms with Gasteiger partial charge < -0.3 is 5.32 Å². The van der Waals surface area contributed by atoms with Gasteiger partial charge in [-0.25, -0.2) is 0 Å². The van der Waals surface area contributed by atoms with Crippen LogP contribution in [0.1, 0.15) is 126 Å². The van der Waals surface area contributed by atoms with Crippen molar-refractivity contribution in [3.63, 3.8) is 0 Å². The zero-order chi connectivity index (χ0) is 26.5. The average Bonchev–Trinajstić information content (AvgIpc) is 3.17. The van der Waals surface area contributed by atoms with Crippen molar-refractivity contribution in [2.24, 2.45) is 0 Å². The third kappa shape index (κ3) is 8.80. The molecule has 37 heavy (non-hydrogen) atoms. The number of carbonyl (C=O) groups excluding carboxylic acids is 2. The second-order valence-corrected chi connectivity index (χ2v) is 10.3. The highest BCUT2D eigenvalue weighted by Gasteiger charge is 2.28. The fourth-order valence-corrected chi connectivity index (χ4v) is 5.14. The quantitative estimate of drug-likeness (QED) is 0.106. The predicted octanol–water partition coefficient (Wildman–Crippen LogP) is 9.01. The Balaban J connectivity index is 1.26. The van der Waals surface area contributed by atoms with Gasteiger partial charge in [0.2, 0.25) is 5.91 Å². The van der Waals surface area contributed by atoms with E-state index in [0.29, 0.717) is 28.8 Å². The van der Waals surface area contributed by atoms with Crippen molar-refractivity contribution >= 4 is 23.1 Å². The third-order valence-electron chi connectivity index (χ3n) is 7.30. The van der Waals surface area contributed by atoms with Crippen LogP contribution >= 0.6 is 0 Å². The molecule has 0 saturated heterocycles. The van der Waals surface area contributed by atoms with Gasteiger partial charge in [0.1, 0.15) is 0 Å². The zero-order valence-electron chi connectivity index (χ0n) is 22.4. The summed E-state index contributed by atoms with van der Waals surface area (Å²) in [6.07, 6.45) is 19.8. The van der Waals surface area contributed by atoms with Crippen LogP contribution < -0.4 is 5.32 Å². The zero-order valence-corrected chi connectivity index (χ0v) is 22.4. The van der Waals surface area contributed by atoms with Gasteiger partial charge in [-0.15, -0.1) is 0 Å². The molecular weight excluding hydrogens is 464 g/mol. The first-order valence-corrected chi connectivity index (χ1v) is 14.3. The maximum atomic E-state index is 12.8. The lowest BCUT2D eigenvalue weighted by molar-refractivity contribution is -0.384. The van der Waals surface area contributed by atoms with Gasteiger partial charge in [0.05, 0.1) is 4.92 Å². The number of benzene rings is 2. The van der Waals surface area contributed by atoms with E-state index in [1.807, 2.05) is 0 Å². The van der Waals surface area contributed by atoms with Gasteiger partial charge in [-0.1, -0.05) is 103 Å². The molecule has 1 aliphatic carbocycles. The average molecular weight is 507 g/mol. The molecule has 0 bridgehead atoms. The van der Waals surface area contributed by atoms with Crippen molar-refractivity contribution < 1.29 is 14.5 Å². The summed E-state index contributed by atoms with van der Waals surface area (Å²) in [7, 11) is 0. The van der Waals surface area contributed by atoms with Gasteiger partial charge in [0, 0.05) is 35.4 Å². The Morgan fingerprint density at radius 2 is 1.19 bits per heavy atom. The maximum absolute atomic E-state index is 12.8. The number of fused-ring (bicyclic) bond motifs is 3. The minimum absolute atomic E-state index is 0.0479. The third-order valence-corrected chi connectivity index (χ3v) is 7.30. The molecule has 0 saturated carbocycles. The fourth-order valence-electron chi connectivity index (χ4n) is 5.14. The van der Waals surface area contributed by atoms with Crippen molar-refractivity contribution in [2.75, 3.05) is 5.32 Å². The Labute approximate surface area is 221 Å². The van der Waals surface area contributed by atoms with Crippen molar-refractivity contribution in [1.29, 1.82) is 0 Å². The summed E-state index contributed by atoms with van der Waals surface area (Å²) < 4.78 is 0. The van der Waals surface area contributed by atoms with Crippen LogP contribution in [0.4, 0.5) is 11.4 Å². The van der Waals surface area contributed by atoms with Crippen molar-refractivity contribution in [3.05, 3.63) is 57.6 Å². The molecule has 0 atom stereocenters. The number of nitrogens with zero attached hydrogens (tertiary/aromatic N) is 1. The van der Waals surface area contributed by atoms with E-state index < -0.39 is 4.92 Å². The van der Waals surface area contributed by atoms with E-state index in [0.717, 1.165) is 18.4 Å². The summed E-state index contributed by atoms with van der Waals surface area (Å²) >= 11 is 0. The topological polar surface area (TPSA) is 89.3 Å². The minimum Gasteiger partial charge on any atom is -0.326 e. The van der Waals surface area contributed by atoms with Crippen LogP contribution in [-0.4, -0.2) is 16.6 Å². The smallest absolute Gasteiger partial charge is 0.270 e. The second kappa shape index (κ2) is 15.3. The standard InChI is InChI=1S/C31H42N2O4/c1-2-3-4-5-6-7-8-9-10-11-12-13-14-15-16-17-30(34)32-24-18-20-26-27-21-19-25(33(36)37)23-29(27)31(35)28(26)22-24/h18-23H,2-17H2,1H3,(H,32,34). The molecule has 0 heterocycles. The van der Waals surface area contributed by atoms with E-state index in [1.54, 1.807) is 24.3 Å². The largest absolute Gasteiger partial charge is 0.326 e. The summed E-state index contributed by atoms with van der Waals surface area (Å²) in [6, 6.07) is 9.61. The lowest BCUT2D eigenvalue weighted by atomic mass is 10.0. The molecule has 6 heteroatoms. The Hall–Kier alpha value is -3.02. The molecule has 1 amide bonds. The van der Waals surface area contributed by atoms with E-state index >= 15 is 0 Å². The van der Waals surface area contributed by atoms with Gasteiger partial charge in [0.15, 0.2) is 5.78 Å². The number of hydrogen-bond donors (Lipinski definition) is 1. The highest BCUT2D eigenvalue weighted by molar-refractivity contribution is 6.22. The van der Waals surface area contributed by atoms with E-state index in [1.165, 1.54) is 95.6 Å². The molecule has 0 fully saturated rings. The van der Waals surface area contributed by atoms with Crippen LogP contribution in [0.3, 0.4) is 0 Å². The van der Waals surface area contributed by atoms with Crippen molar-refractivity contribution in [1.82, 2.24) is 0 Å². The van der Waals surface area contributed by atoms with Gasteiger partial charge in [-0.2, -0.15) is 0 Å². The normalized spacial score (nSPS) is 11.9. The molecule has 0 unspecified atom stereocenters. The van der Waals surface area contributed by atoms with E-state index in [2.05, 4.69) is 12.2 Å². The summed E-state index contributed by atoms with van der Waals surface area (Å²) in [4.78, 5) is 35.7. The fraction of sp³-hybridized carbons (Fsp3) is 0.548. The summed E-state index contributed by atoms with van der Waals surface area (Å²) in [5.41, 5.74) is 2.74. The highest BCUT2D eigenvalue weighted by Crippen LogP contribution is 2.39. The maximum Gasteiger partial charge on any atom is 0.270 e. The SMILES string of the molecule is CCCCCCCCCCCCCCCCCC(=O)Nc1ccc2c(c1)C(=O)c1cc([N+](=O)[O-])ccc1-2. The Kier molecular flexibility index (Phi) is 11.8. The van der Waals surface area contributed by atoms with Crippen molar-refractivity contribution in [2.45, 2.75) is 110 Å². The van der Waals surface area contributed by atoms with Crippen LogP contribution in [0.15, 0.2) is 36.4 Å². The Morgan fingerprint density at radius 3 is 1.73 bits per heavy atom. The van der Waals surface area contributed by atoms with E-state index in [9.17, 15) is 19.7 Å². The molecule has 1 aliphatic rings. The van der Waals surface area contributed by atoms with E-state index in [4.69, 9.17) is 0 Å². The van der Waals surface area contributed by atoms with Crippen molar-refractivity contribution in [3.8, 4) is 11.1 Å². The molecule has 0 spiro atoms. The minimum atomic E-state index is -0.500. The number of carbonyl (C=O) groups is 2. The molecule has 1 N–H and O–H groups in total. The molecular formula is C31H42N2O4. The molecule has 2 aromatic carbocycles. The number of amides is 1. The monoisotopic (exact) mass is 506 g/mol. The summed E-state index contributed by atoms with van der Waals surface area (Å²) in [5, 5.41) is 14.0. The molecule has 2 aromatic rings. The van der Waals surface area contributed by atoms with E-state index in [-0.39, 0.29) is 17.4 Å². The second-order valence-electron chi connectivity index (χ2n) is 10.3. The molecule has 0 aliphatic heterocycles. The number of hydrogen-bond acceptors (Lipinski definition) is 4. The van der Waals surface area contributed by atoms with Crippen LogP contribution in [0.2, 0.25) is 0 Å². The van der Waals surface area contributed by atoms with Gasteiger partial charge in [0.25, 0.3) is 5.69 Å². The number of nitrogens with one attached hydrogen (secondary N) is 1. The lowest BCUT2D eigenvalue weighted by Crippen LogP contribution is -2.11. The number of rotatable bonds is 18. The lowest BCUT2D eigenvalue weighted by Gasteiger charge is -2.07.